The van der Waals surface area contributed by atoms with E-state index in [-0.39, 0.29) is 0 Å². The molecule has 0 aromatic heterocycles. The lowest BCUT2D eigenvalue weighted by molar-refractivity contribution is 0.341. The molecule has 0 bridgehead atoms. The Morgan fingerprint density at radius 2 is 2.00 bits per heavy atom. The minimum absolute atomic E-state index is 0.543. The maximum atomic E-state index is 5.68. The van der Waals surface area contributed by atoms with Crippen LogP contribution in [-0.2, 0) is 0 Å². The van der Waals surface area contributed by atoms with E-state index < -0.39 is 0 Å². The van der Waals surface area contributed by atoms with Crippen LogP contribution in [0.1, 0.15) is 45.6 Å². The fourth-order valence-electron chi connectivity index (χ4n) is 1.97. The first-order chi connectivity index (χ1) is 8.21. The van der Waals surface area contributed by atoms with Crippen LogP contribution >= 0.6 is 0 Å². The van der Waals surface area contributed by atoms with Crippen molar-refractivity contribution in [3.63, 3.8) is 0 Å². The predicted molar refractivity (Wildman–Crippen MR) is 75.0 cm³/mol. The molecule has 2 nitrogen and oxygen atoms in total. The molecular weight excluding hydrogens is 210 g/mol. The van der Waals surface area contributed by atoms with Gasteiger partial charge in [-0.3, -0.25) is 0 Å². The lowest BCUT2D eigenvalue weighted by Crippen LogP contribution is -2.18. The third-order valence-electron chi connectivity index (χ3n) is 2.93. The Balaban J connectivity index is 2.80. The van der Waals surface area contributed by atoms with Gasteiger partial charge in [0.2, 0.25) is 0 Å². The van der Waals surface area contributed by atoms with Gasteiger partial charge in [-0.15, -0.1) is 0 Å². The molecule has 1 N–H and O–H groups in total. The SMILES string of the molecule is CCCC(CC)Nc1ccc(C)cc1OCC. The number of ether oxygens (including phenoxy) is 1. The van der Waals surface area contributed by atoms with Crippen LogP contribution in [0.5, 0.6) is 5.75 Å². The second kappa shape index (κ2) is 7.21. The molecule has 0 aliphatic carbocycles. The van der Waals surface area contributed by atoms with Gasteiger partial charge in [0.15, 0.2) is 0 Å². The first kappa shape index (κ1) is 13.9. The zero-order valence-corrected chi connectivity index (χ0v) is 11.5. The predicted octanol–water partition coefficient (Wildman–Crippen LogP) is 4.38. The zero-order chi connectivity index (χ0) is 12.7. The lowest BCUT2D eigenvalue weighted by Gasteiger charge is -2.20. The molecule has 0 radical (unpaired) electrons. The number of benzene rings is 1. The van der Waals surface area contributed by atoms with E-state index in [0.717, 1.165) is 17.9 Å². The third kappa shape index (κ3) is 4.29. The maximum Gasteiger partial charge on any atom is 0.142 e. The summed E-state index contributed by atoms with van der Waals surface area (Å²) in [5.74, 6) is 0.974. The summed E-state index contributed by atoms with van der Waals surface area (Å²) in [5, 5.41) is 3.59. The van der Waals surface area contributed by atoms with Gasteiger partial charge in [0, 0.05) is 6.04 Å². The summed E-state index contributed by atoms with van der Waals surface area (Å²) in [6, 6.07) is 6.90. The number of hydrogen-bond donors (Lipinski definition) is 1. The highest BCUT2D eigenvalue weighted by atomic mass is 16.5. The van der Waals surface area contributed by atoms with Crippen molar-refractivity contribution in [2.24, 2.45) is 0 Å². The van der Waals surface area contributed by atoms with Gasteiger partial charge in [-0.1, -0.05) is 26.3 Å². The van der Waals surface area contributed by atoms with Gasteiger partial charge < -0.3 is 10.1 Å². The van der Waals surface area contributed by atoms with Crippen LogP contribution in [0.15, 0.2) is 18.2 Å². The van der Waals surface area contributed by atoms with Gasteiger partial charge in [0.1, 0.15) is 5.75 Å². The topological polar surface area (TPSA) is 21.3 Å². The van der Waals surface area contributed by atoms with E-state index in [9.17, 15) is 0 Å². The Hall–Kier alpha value is -1.18. The van der Waals surface area contributed by atoms with Gasteiger partial charge in [0.25, 0.3) is 0 Å². The van der Waals surface area contributed by atoms with Crippen molar-refractivity contribution in [1.82, 2.24) is 0 Å². The summed E-state index contributed by atoms with van der Waals surface area (Å²) >= 11 is 0. The van der Waals surface area contributed by atoms with Crippen molar-refractivity contribution < 1.29 is 4.74 Å². The van der Waals surface area contributed by atoms with Crippen LogP contribution in [-0.4, -0.2) is 12.6 Å². The van der Waals surface area contributed by atoms with E-state index in [1.165, 1.54) is 18.4 Å². The highest BCUT2D eigenvalue weighted by Crippen LogP contribution is 2.27. The number of aryl methyl sites for hydroxylation is 1. The number of rotatable bonds is 7. The van der Waals surface area contributed by atoms with Crippen molar-refractivity contribution in [3.05, 3.63) is 23.8 Å². The number of hydrogen-bond acceptors (Lipinski definition) is 2. The molecule has 1 aromatic rings. The Morgan fingerprint density at radius 1 is 1.24 bits per heavy atom. The summed E-state index contributed by atoms with van der Waals surface area (Å²) in [5.41, 5.74) is 2.36. The maximum absolute atomic E-state index is 5.68. The molecule has 2 heteroatoms. The first-order valence-electron chi connectivity index (χ1n) is 6.71. The Bertz CT molecular complexity index is 336. The third-order valence-corrected chi connectivity index (χ3v) is 2.93. The van der Waals surface area contributed by atoms with Crippen molar-refractivity contribution in [1.29, 1.82) is 0 Å². The van der Waals surface area contributed by atoms with Gasteiger partial charge in [-0.25, -0.2) is 0 Å². The Kier molecular flexibility index (Phi) is 5.88. The van der Waals surface area contributed by atoms with Crippen molar-refractivity contribution in [3.8, 4) is 5.75 Å². The standard InChI is InChI=1S/C15H25NO/c1-5-8-13(6-2)16-14-10-9-12(4)11-15(14)17-7-3/h9-11,13,16H,5-8H2,1-4H3. The average Bonchev–Trinajstić information content (AvgIpc) is 2.32. The van der Waals surface area contributed by atoms with E-state index in [1.54, 1.807) is 0 Å². The summed E-state index contributed by atoms with van der Waals surface area (Å²) in [7, 11) is 0. The van der Waals surface area contributed by atoms with Crippen molar-refractivity contribution >= 4 is 5.69 Å². The summed E-state index contributed by atoms with van der Waals surface area (Å²) in [4.78, 5) is 0. The molecule has 1 atom stereocenters. The summed E-state index contributed by atoms with van der Waals surface area (Å²) in [6.45, 7) is 9.28. The fraction of sp³-hybridized carbons (Fsp3) is 0.600. The molecule has 1 rings (SSSR count). The molecule has 0 aliphatic heterocycles. The van der Waals surface area contributed by atoms with Crippen LogP contribution in [0.2, 0.25) is 0 Å². The highest BCUT2D eigenvalue weighted by Gasteiger charge is 2.09. The minimum Gasteiger partial charge on any atom is -0.492 e. The minimum atomic E-state index is 0.543. The molecule has 0 heterocycles. The van der Waals surface area contributed by atoms with Gasteiger partial charge in [-0.05, 0) is 44.4 Å². The molecule has 0 saturated carbocycles. The normalized spacial score (nSPS) is 12.2. The highest BCUT2D eigenvalue weighted by molar-refractivity contribution is 5.58. The second-order valence-electron chi connectivity index (χ2n) is 4.47. The average molecular weight is 235 g/mol. The second-order valence-corrected chi connectivity index (χ2v) is 4.47. The molecular formula is C15H25NO. The lowest BCUT2D eigenvalue weighted by atomic mass is 10.1. The molecule has 17 heavy (non-hydrogen) atoms. The summed E-state index contributed by atoms with van der Waals surface area (Å²) in [6.07, 6.45) is 3.56. The van der Waals surface area contributed by atoms with Crippen molar-refractivity contribution in [2.75, 3.05) is 11.9 Å². The van der Waals surface area contributed by atoms with E-state index in [0.29, 0.717) is 12.6 Å². The van der Waals surface area contributed by atoms with E-state index in [4.69, 9.17) is 4.74 Å². The van der Waals surface area contributed by atoms with Crippen LogP contribution in [0.25, 0.3) is 0 Å². The summed E-state index contributed by atoms with van der Waals surface area (Å²) < 4.78 is 5.68. The monoisotopic (exact) mass is 235 g/mol. The molecule has 0 aliphatic rings. The molecule has 1 aromatic carbocycles. The van der Waals surface area contributed by atoms with E-state index in [2.05, 4.69) is 44.3 Å². The zero-order valence-electron chi connectivity index (χ0n) is 11.5. The largest absolute Gasteiger partial charge is 0.492 e. The van der Waals surface area contributed by atoms with E-state index in [1.807, 2.05) is 6.92 Å². The van der Waals surface area contributed by atoms with Crippen LogP contribution in [0, 0.1) is 6.92 Å². The van der Waals surface area contributed by atoms with Crippen LogP contribution in [0.4, 0.5) is 5.69 Å². The van der Waals surface area contributed by atoms with Gasteiger partial charge in [-0.2, -0.15) is 0 Å². The number of nitrogens with one attached hydrogen (secondary N) is 1. The molecule has 0 spiro atoms. The van der Waals surface area contributed by atoms with E-state index >= 15 is 0 Å². The van der Waals surface area contributed by atoms with Crippen molar-refractivity contribution in [2.45, 2.75) is 53.0 Å². The molecule has 1 unspecified atom stereocenters. The van der Waals surface area contributed by atoms with Gasteiger partial charge >= 0.3 is 0 Å². The molecule has 0 fully saturated rings. The smallest absolute Gasteiger partial charge is 0.142 e. The quantitative estimate of drug-likeness (QED) is 0.757. The van der Waals surface area contributed by atoms with Gasteiger partial charge in [0.05, 0.1) is 12.3 Å². The number of anilines is 1. The Morgan fingerprint density at radius 3 is 2.59 bits per heavy atom. The fourth-order valence-corrected chi connectivity index (χ4v) is 1.97. The Labute approximate surface area is 105 Å². The molecule has 96 valence electrons. The van der Waals surface area contributed by atoms with Crippen LogP contribution < -0.4 is 10.1 Å². The molecule has 0 amide bonds. The molecule has 0 saturated heterocycles. The first-order valence-corrected chi connectivity index (χ1v) is 6.71. The van der Waals surface area contributed by atoms with Crippen LogP contribution in [0.3, 0.4) is 0 Å².